The maximum atomic E-state index is 11.8. The Bertz CT molecular complexity index is 501. The van der Waals surface area contributed by atoms with Crippen LogP contribution in [0.1, 0.15) is 18.1 Å². The summed E-state index contributed by atoms with van der Waals surface area (Å²) < 4.78 is 5.77. The van der Waals surface area contributed by atoms with Crippen molar-refractivity contribution in [3.8, 4) is 11.9 Å². The lowest BCUT2D eigenvalue weighted by molar-refractivity contribution is -0.104. The molecule has 1 atom stereocenters. The zero-order chi connectivity index (χ0) is 13.0. The summed E-state index contributed by atoms with van der Waals surface area (Å²) in [6.45, 7) is 3.33. The van der Waals surface area contributed by atoms with E-state index >= 15 is 0 Å². The van der Waals surface area contributed by atoms with E-state index < -0.39 is 11.8 Å². The van der Waals surface area contributed by atoms with Gasteiger partial charge in [0.25, 0.3) is 5.56 Å². The number of aryl methyl sites for hydroxylation is 1. The lowest BCUT2D eigenvalue weighted by atomic mass is 10.1. The maximum absolute atomic E-state index is 11.8. The summed E-state index contributed by atoms with van der Waals surface area (Å²) in [5.74, 6) is -0.301. The van der Waals surface area contributed by atoms with Crippen LogP contribution in [-0.4, -0.2) is 27.7 Å². The molecule has 0 saturated carbocycles. The van der Waals surface area contributed by atoms with E-state index in [0.717, 1.165) is 4.57 Å². The highest BCUT2D eigenvalue weighted by molar-refractivity contribution is 5.37. The van der Waals surface area contributed by atoms with Gasteiger partial charge in [0.1, 0.15) is 11.6 Å². The van der Waals surface area contributed by atoms with Crippen LogP contribution < -0.4 is 5.56 Å². The second-order valence-corrected chi connectivity index (χ2v) is 3.50. The van der Waals surface area contributed by atoms with E-state index in [1.165, 1.54) is 6.07 Å². The molecule has 0 aliphatic carbocycles. The van der Waals surface area contributed by atoms with Gasteiger partial charge >= 0.3 is 0 Å². The SMILES string of the molecule is CCOC(O)Cn1c(O)cc(C)c(C#N)c1=O. The molecule has 0 amide bonds. The minimum Gasteiger partial charge on any atom is -0.494 e. The molecule has 0 bridgehead atoms. The Hall–Kier alpha value is -1.84. The summed E-state index contributed by atoms with van der Waals surface area (Å²) in [6.07, 6.45) is -1.20. The average Bonchev–Trinajstić information content (AvgIpc) is 2.25. The number of aromatic nitrogens is 1. The molecule has 6 heteroatoms. The minimum absolute atomic E-state index is 0.0495. The molecule has 1 heterocycles. The number of pyridine rings is 1. The van der Waals surface area contributed by atoms with Gasteiger partial charge in [0.2, 0.25) is 0 Å². The quantitative estimate of drug-likeness (QED) is 0.725. The van der Waals surface area contributed by atoms with Crippen LogP contribution in [0.15, 0.2) is 10.9 Å². The lowest BCUT2D eigenvalue weighted by Crippen LogP contribution is -2.30. The molecule has 0 spiro atoms. The highest BCUT2D eigenvalue weighted by Gasteiger charge is 2.14. The third-order valence-corrected chi connectivity index (χ3v) is 2.29. The Morgan fingerprint density at radius 3 is 2.82 bits per heavy atom. The largest absolute Gasteiger partial charge is 0.494 e. The summed E-state index contributed by atoms with van der Waals surface area (Å²) >= 11 is 0. The molecule has 0 aliphatic rings. The molecule has 92 valence electrons. The third kappa shape index (κ3) is 2.84. The fraction of sp³-hybridized carbons (Fsp3) is 0.455. The highest BCUT2D eigenvalue weighted by Crippen LogP contribution is 2.12. The van der Waals surface area contributed by atoms with Gasteiger partial charge in [-0.25, -0.2) is 0 Å². The van der Waals surface area contributed by atoms with Crippen molar-refractivity contribution >= 4 is 0 Å². The fourth-order valence-corrected chi connectivity index (χ4v) is 1.47. The minimum atomic E-state index is -1.20. The Morgan fingerprint density at radius 2 is 2.29 bits per heavy atom. The molecule has 0 aliphatic heterocycles. The molecule has 1 aromatic heterocycles. The van der Waals surface area contributed by atoms with Crippen molar-refractivity contribution in [1.82, 2.24) is 4.57 Å². The molecule has 0 aromatic carbocycles. The van der Waals surface area contributed by atoms with E-state index in [4.69, 9.17) is 10.00 Å². The van der Waals surface area contributed by atoms with Crippen molar-refractivity contribution in [2.24, 2.45) is 0 Å². The van der Waals surface area contributed by atoms with Gasteiger partial charge in [0, 0.05) is 12.7 Å². The number of aliphatic hydroxyl groups excluding tert-OH is 1. The molecular weight excluding hydrogens is 224 g/mol. The summed E-state index contributed by atoms with van der Waals surface area (Å²) in [5.41, 5.74) is -0.285. The van der Waals surface area contributed by atoms with Crippen molar-refractivity contribution in [1.29, 1.82) is 5.26 Å². The number of hydrogen-bond donors (Lipinski definition) is 2. The van der Waals surface area contributed by atoms with Gasteiger partial charge in [-0.15, -0.1) is 0 Å². The molecule has 1 aromatic rings. The number of nitriles is 1. The number of hydrogen-bond acceptors (Lipinski definition) is 5. The standard InChI is InChI=1S/C11H14N2O4/c1-3-17-10(15)6-13-9(14)4-7(2)8(5-12)11(13)16/h4,10,14-15H,3,6H2,1-2H3. The third-order valence-electron chi connectivity index (χ3n) is 2.29. The van der Waals surface area contributed by atoms with Crippen LogP contribution >= 0.6 is 0 Å². The molecule has 0 saturated heterocycles. The zero-order valence-electron chi connectivity index (χ0n) is 9.67. The van der Waals surface area contributed by atoms with Crippen LogP contribution in [0.5, 0.6) is 5.88 Å². The van der Waals surface area contributed by atoms with Crippen LogP contribution in [0.25, 0.3) is 0 Å². The molecule has 17 heavy (non-hydrogen) atoms. The van der Waals surface area contributed by atoms with Crippen LogP contribution in [0.4, 0.5) is 0 Å². The second kappa shape index (κ2) is 5.48. The molecule has 6 nitrogen and oxygen atoms in total. The average molecular weight is 238 g/mol. The maximum Gasteiger partial charge on any atom is 0.271 e. The molecule has 1 rings (SSSR count). The Labute approximate surface area is 98.3 Å². The van der Waals surface area contributed by atoms with Gasteiger partial charge in [-0.1, -0.05) is 0 Å². The first-order chi connectivity index (χ1) is 8.01. The Balaban J connectivity index is 3.17. The summed E-state index contributed by atoms with van der Waals surface area (Å²) in [5, 5.41) is 27.8. The molecular formula is C11H14N2O4. The van der Waals surface area contributed by atoms with E-state index in [1.54, 1.807) is 19.9 Å². The van der Waals surface area contributed by atoms with Crippen molar-refractivity contribution < 1.29 is 14.9 Å². The molecule has 2 N–H and O–H groups in total. The monoisotopic (exact) mass is 238 g/mol. The summed E-state index contributed by atoms with van der Waals surface area (Å²) in [7, 11) is 0. The molecule has 0 radical (unpaired) electrons. The van der Waals surface area contributed by atoms with Gasteiger partial charge < -0.3 is 14.9 Å². The summed E-state index contributed by atoms with van der Waals surface area (Å²) in [6, 6.07) is 3.07. The molecule has 0 fully saturated rings. The predicted molar refractivity (Wildman–Crippen MR) is 59.5 cm³/mol. The van der Waals surface area contributed by atoms with Crippen LogP contribution in [0.2, 0.25) is 0 Å². The van der Waals surface area contributed by atoms with Gasteiger partial charge in [0.15, 0.2) is 12.2 Å². The van der Waals surface area contributed by atoms with Crippen LogP contribution in [0, 0.1) is 18.3 Å². The van der Waals surface area contributed by atoms with E-state index in [-0.39, 0.29) is 24.6 Å². The van der Waals surface area contributed by atoms with Crippen molar-refractivity contribution in [3.63, 3.8) is 0 Å². The Kier molecular flexibility index (Phi) is 4.26. The van der Waals surface area contributed by atoms with E-state index in [9.17, 15) is 15.0 Å². The normalized spacial score (nSPS) is 12.1. The summed E-state index contributed by atoms with van der Waals surface area (Å²) in [4.78, 5) is 11.8. The van der Waals surface area contributed by atoms with Crippen molar-refractivity contribution in [3.05, 3.63) is 27.5 Å². The second-order valence-electron chi connectivity index (χ2n) is 3.50. The highest BCUT2D eigenvalue weighted by atomic mass is 16.6. The number of nitrogens with zero attached hydrogens (tertiary/aromatic N) is 2. The first kappa shape index (κ1) is 13.2. The van der Waals surface area contributed by atoms with Gasteiger partial charge in [0.05, 0.1) is 6.54 Å². The molecule has 1 unspecified atom stereocenters. The number of aromatic hydroxyl groups is 1. The van der Waals surface area contributed by atoms with E-state index in [2.05, 4.69) is 0 Å². The predicted octanol–water partition coefficient (Wildman–Crippen LogP) is 0.0889. The van der Waals surface area contributed by atoms with Crippen molar-refractivity contribution in [2.75, 3.05) is 6.61 Å². The van der Waals surface area contributed by atoms with E-state index in [0.29, 0.717) is 5.56 Å². The van der Waals surface area contributed by atoms with Crippen LogP contribution in [0.3, 0.4) is 0 Å². The lowest BCUT2D eigenvalue weighted by Gasteiger charge is -2.14. The number of rotatable bonds is 4. The smallest absolute Gasteiger partial charge is 0.271 e. The van der Waals surface area contributed by atoms with Gasteiger partial charge in [-0.05, 0) is 19.4 Å². The number of aliphatic hydroxyl groups is 1. The first-order valence-electron chi connectivity index (χ1n) is 5.14. The van der Waals surface area contributed by atoms with E-state index in [1.807, 2.05) is 0 Å². The number of ether oxygens (including phenoxy) is 1. The Morgan fingerprint density at radius 1 is 1.65 bits per heavy atom. The fourth-order valence-electron chi connectivity index (χ4n) is 1.47. The topological polar surface area (TPSA) is 95.5 Å². The zero-order valence-corrected chi connectivity index (χ0v) is 9.67. The van der Waals surface area contributed by atoms with Gasteiger partial charge in [-0.2, -0.15) is 5.26 Å². The van der Waals surface area contributed by atoms with Gasteiger partial charge in [-0.3, -0.25) is 9.36 Å². The first-order valence-corrected chi connectivity index (χ1v) is 5.14. The van der Waals surface area contributed by atoms with Crippen LogP contribution in [-0.2, 0) is 11.3 Å². The van der Waals surface area contributed by atoms with Crippen molar-refractivity contribution in [2.45, 2.75) is 26.7 Å².